The number of rotatable bonds is 7. The van der Waals surface area contributed by atoms with Crippen molar-refractivity contribution in [2.24, 2.45) is 0 Å². The molecule has 13 heteroatoms. The van der Waals surface area contributed by atoms with Crippen LogP contribution in [0, 0.1) is 10.1 Å². The van der Waals surface area contributed by atoms with Crippen molar-refractivity contribution in [3.8, 4) is 0 Å². The summed E-state index contributed by atoms with van der Waals surface area (Å²) in [5.41, 5.74) is -2.11. The minimum atomic E-state index is -4.70. The van der Waals surface area contributed by atoms with E-state index in [-0.39, 0.29) is 17.4 Å². The van der Waals surface area contributed by atoms with E-state index < -0.39 is 28.3 Å². The summed E-state index contributed by atoms with van der Waals surface area (Å²) >= 11 is 2.62. The lowest BCUT2D eigenvalue weighted by molar-refractivity contribution is -0.384. The largest absolute Gasteiger partial charge is 0.416 e. The predicted molar refractivity (Wildman–Crippen MR) is 91.5 cm³/mol. The normalized spacial score (nSPS) is 11.2. The molecule has 0 bridgehead atoms. The molecule has 1 amide bonds. The molecule has 0 aliphatic heterocycles. The number of alkyl halides is 3. The first-order chi connectivity index (χ1) is 12.2. The van der Waals surface area contributed by atoms with Crippen LogP contribution in [0.1, 0.15) is 12.5 Å². The summed E-state index contributed by atoms with van der Waals surface area (Å²) in [4.78, 5) is 21.9. The molecule has 2 N–H and O–H groups in total. The van der Waals surface area contributed by atoms with E-state index in [1.807, 2.05) is 6.92 Å². The topological polar surface area (TPSA) is 110 Å². The Bertz CT molecular complexity index is 813. The monoisotopic (exact) mass is 407 g/mol. The number of anilines is 2. The molecule has 0 fully saturated rings. The van der Waals surface area contributed by atoms with Crippen LogP contribution >= 0.6 is 23.1 Å². The average molecular weight is 407 g/mol. The zero-order valence-electron chi connectivity index (χ0n) is 13.2. The van der Waals surface area contributed by atoms with Gasteiger partial charge in [-0.1, -0.05) is 30.0 Å². The van der Waals surface area contributed by atoms with E-state index in [0.29, 0.717) is 16.5 Å². The van der Waals surface area contributed by atoms with Crippen molar-refractivity contribution in [1.82, 2.24) is 10.2 Å². The highest BCUT2D eigenvalue weighted by atomic mass is 32.2. The third kappa shape index (κ3) is 5.29. The highest BCUT2D eigenvalue weighted by molar-refractivity contribution is 8.01. The Morgan fingerprint density at radius 2 is 2.12 bits per heavy atom. The van der Waals surface area contributed by atoms with Gasteiger partial charge in [-0.15, -0.1) is 10.2 Å². The molecule has 0 atom stereocenters. The smallest absolute Gasteiger partial charge is 0.371 e. The maximum atomic E-state index is 12.7. The van der Waals surface area contributed by atoms with Crippen molar-refractivity contribution < 1.29 is 22.9 Å². The number of carbonyl (C=O) groups is 1. The van der Waals surface area contributed by atoms with Crippen LogP contribution in [-0.2, 0) is 11.0 Å². The van der Waals surface area contributed by atoms with Crippen LogP contribution in [0.4, 0.5) is 29.7 Å². The van der Waals surface area contributed by atoms with Gasteiger partial charge in [-0.25, -0.2) is 0 Å². The summed E-state index contributed by atoms with van der Waals surface area (Å²) in [5, 5.41) is 23.8. The molecule has 1 aromatic heterocycles. The molecule has 1 aromatic carbocycles. The number of thioether (sulfide) groups is 1. The number of hydrogen-bond donors (Lipinski definition) is 2. The molecule has 0 radical (unpaired) electrons. The molecule has 8 nitrogen and oxygen atoms in total. The average Bonchev–Trinajstić information content (AvgIpc) is 2.99. The number of nitrogens with zero attached hydrogens (tertiary/aromatic N) is 3. The Morgan fingerprint density at radius 3 is 2.73 bits per heavy atom. The van der Waals surface area contributed by atoms with E-state index in [0.717, 1.165) is 11.8 Å². The Kier molecular flexibility index (Phi) is 6.37. The van der Waals surface area contributed by atoms with Crippen molar-refractivity contribution >= 4 is 45.5 Å². The van der Waals surface area contributed by atoms with Gasteiger partial charge in [-0.2, -0.15) is 13.2 Å². The number of nitro benzene ring substituents is 1. The van der Waals surface area contributed by atoms with Gasteiger partial charge in [0.25, 0.3) is 5.69 Å². The van der Waals surface area contributed by atoms with Crippen molar-refractivity contribution in [2.45, 2.75) is 17.4 Å². The first-order valence-corrected chi connectivity index (χ1v) is 8.86. The zero-order valence-corrected chi connectivity index (χ0v) is 14.8. The van der Waals surface area contributed by atoms with Gasteiger partial charge in [0, 0.05) is 6.07 Å². The van der Waals surface area contributed by atoms with E-state index in [1.165, 1.54) is 23.1 Å². The second-order valence-corrected chi connectivity index (χ2v) is 7.18. The summed E-state index contributed by atoms with van der Waals surface area (Å²) in [6.07, 6.45) is -4.70. The van der Waals surface area contributed by atoms with Gasteiger partial charge in [0.15, 0.2) is 4.34 Å². The highest BCUT2D eigenvalue weighted by Gasteiger charge is 2.33. The van der Waals surface area contributed by atoms with Gasteiger partial charge in [0.1, 0.15) is 5.69 Å². The molecular weight excluding hydrogens is 395 g/mol. The molecule has 1 heterocycles. The molecule has 140 valence electrons. The number of amides is 1. The van der Waals surface area contributed by atoms with Crippen LogP contribution in [0.15, 0.2) is 22.5 Å². The zero-order chi connectivity index (χ0) is 19.3. The number of hydrogen-bond acceptors (Lipinski definition) is 8. The number of benzene rings is 1. The third-order valence-corrected chi connectivity index (χ3v) is 4.74. The lowest BCUT2D eigenvalue weighted by atomic mass is 10.1. The van der Waals surface area contributed by atoms with Gasteiger partial charge in [-0.3, -0.25) is 20.2 Å². The second-order valence-electron chi connectivity index (χ2n) is 4.69. The van der Waals surface area contributed by atoms with E-state index >= 15 is 0 Å². The molecule has 0 aliphatic carbocycles. The summed E-state index contributed by atoms with van der Waals surface area (Å²) in [7, 11) is 0. The van der Waals surface area contributed by atoms with E-state index in [1.54, 1.807) is 0 Å². The predicted octanol–water partition coefficient (Wildman–Crippen LogP) is 3.63. The molecule has 0 saturated carbocycles. The quantitative estimate of drug-likeness (QED) is 0.312. The maximum absolute atomic E-state index is 12.7. The van der Waals surface area contributed by atoms with Gasteiger partial charge in [-0.05, 0) is 17.9 Å². The van der Waals surface area contributed by atoms with E-state index in [4.69, 9.17) is 0 Å². The summed E-state index contributed by atoms with van der Waals surface area (Å²) in [5.74, 6) is 0.227. The Labute approximate surface area is 153 Å². The highest BCUT2D eigenvalue weighted by Crippen LogP contribution is 2.34. The molecule has 26 heavy (non-hydrogen) atoms. The van der Waals surface area contributed by atoms with Crippen molar-refractivity contribution in [1.29, 1.82) is 0 Å². The molecule has 0 saturated heterocycles. The Morgan fingerprint density at radius 1 is 1.38 bits per heavy atom. The Balaban J connectivity index is 2.03. The minimum absolute atomic E-state index is 0.197. The molecule has 0 spiro atoms. The fourth-order valence-electron chi connectivity index (χ4n) is 1.79. The standard InChI is InChI=1S/C13H12F3N5O3S2/c1-2-25-12-20-19-11(26-12)18-10(22)6-17-8-4-3-7(13(14,15)16)5-9(8)21(23)24/h3-5,17H,2,6H2,1H3,(H,18,19,22). The van der Waals surface area contributed by atoms with E-state index in [9.17, 15) is 28.1 Å². The van der Waals surface area contributed by atoms with E-state index in [2.05, 4.69) is 20.8 Å². The van der Waals surface area contributed by atoms with Gasteiger partial charge in [0.2, 0.25) is 11.0 Å². The number of aromatic nitrogens is 2. The van der Waals surface area contributed by atoms with Crippen LogP contribution in [0.3, 0.4) is 0 Å². The number of halogens is 3. The molecule has 2 aromatic rings. The van der Waals surface area contributed by atoms with Crippen LogP contribution < -0.4 is 10.6 Å². The minimum Gasteiger partial charge on any atom is -0.371 e. The fourth-order valence-corrected chi connectivity index (χ4v) is 3.45. The number of nitro groups is 1. The summed E-state index contributed by atoms with van der Waals surface area (Å²) < 4.78 is 38.6. The second kappa shape index (κ2) is 8.31. The lowest BCUT2D eigenvalue weighted by Crippen LogP contribution is -2.22. The Hall–Kier alpha value is -2.41. The van der Waals surface area contributed by atoms with Crippen molar-refractivity contribution in [3.05, 3.63) is 33.9 Å². The van der Waals surface area contributed by atoms with Crippen LogP contribution in [-0.4, -0.2) is 33.3 Å². The van der Waals surface area contributed by atoms with Gasteiger partial charge >= 0.3 is 6.18 Å². The van der Waals surface area contributed by atoms with Crippen LogP contribution in [0.5, 0.6) is 0 Å². The molecule has 2 rings (SSSR count). The molecule has 0 aliphatic rings. The van der Waals surface area contributed by atoms with Crippen molar-refractivity contribution in [3.63, 3.8) is 0 Å². The molecular formula is C13H12F3N5O3S2. The number of nitrogens with one attached hydrogen (secondary N) is 2. The van der Waals surface area contributed by atoms with Crippen molar-refractivity contribution in [2.75, 3.05) is 22.9 Å². The lowest BCUT2D eigenvalue weighted by Gasteiger charge is -2.10. The summed E-state index contributed by atoms with van der Waals surface area (Å²) in [6.45, 7) is 1.55. The van der Waals surface area contributed by atoms with Crippen LogP contribution in [0.2, 0.25) is 0 Å². The SMILES string of the molecule is CCSc1nnc(NC(=O)CNc2ccc(C(F)(F)F)cc2[N+](=O)[O-])s1. The first kappa shape index (κ1) is 19.9. The van der Waals surface area contributed by atoms with Gasteiger partial charge in [0.05, 0.1) is 17.0 Å². The maximum Gasteiger partial charge on any atom is 0.416 e. The third-order valence-electron chi connectivity index (χ3n) is 2.88. The first-order valence-electron chi connectivity index (χ1n) is 7.06. The number of carbonyl (C=O) groups excluding carboxylic acids is 1. The fraction of sp³-hybridized carbons (Fsp3) is 0.308. The van der Waals surface area contributed by atoms with Gasteiger partial charge < -0.3 is 5.32 Å². The molecule has 0 unspecified atom stereocenters. The summed E-state index contributed by atoms with van der Waals surface area (Å²) in [6, 6.07) is 2.03. The van der Waals surface area contributed by atoms with Crippen LogP contribution in [0.25, 0.3) is 0 Å².